The molecule has 172 valence electrons. The third-order valence-electron chi connectivity index (χ3n) is 6.25. The van der Waals surface area contributed by atoms with Gasteiger partial charge in [0.2, 0.25) is 0 Å². The zero-order valence-corrected chi connectivity index (χ0v) is 19.9. The number of hydrogen-bond donors (Lipinski definition) is 1. The monoisotopic (exact) mass is 474 g/mol. The molecule has 0 aliphatic heterocycles. The SMILES string of the molecule is COc1c(-c2ccccc2)c(Cl)nc2ccc(C(O)(c3cnnn3C)c3cnc(C)n3C)cc12. The summed E-state index contributed by atoms with van der Waals surface area (Å²) in [5.41, 5.74) is 2.32. The Morgan fingerprint density at radius 2 is 1.79 bits per heavy atom. The van der Waals surface area contributed by atoms with Gasteiger partial charge in [-0.1, -0.05) is 53.2 Å². The van der Waals surface area contributed by atoms with E-state index in [4.69, 9.17) is 16.3 Å². The lowest BCUT2D eigenvalue weighted by molar-refractivity contribution is 0.108. The highest BCUT2D eigenvalue weighted by molar-refractivity contribution is 6.33. The minimum absolute atomic E-state index is 0.344. The van der Waals surface area contributed by atoms with Gasteiger partial charge < -0.3 is 14.4 Å². The van der Waals surface area contributed by atoms with Crippen LogP contribution in [0.3, 0.4) is 0 Å². The van der Waals surface area contributed by atoms with E-state index in [1.54, 1.807) is 31.2 Å². The van der Waals surface area contributed by atoms with Crippen LogP contribution in [0.15, 0.2) is 60.9 Å². The second-order valence-corrected chi connectivity index (χ2v) is 8.47. The van der Waals surface area contributed by atoms with Crippen molar-refractivity contribution < 1.29 is 9.84 Å². The Kier molecular flexibility index (Phi) is 5.34. The first-order valence-corrected chi connectivity index (χ1v) is 11.0. The number of methoxy groups -OCH3 is 1. The third-order valence-corrected chi connectivity index (χ3v) is 6.53. The van der Waals surface area contributed by atoms with Gasteiger partial charge in [0.1, 0.15) is 22.4 Å². The lowest BCUT2D eigenvalue weighted by atomic mass is 9.86. The first kappa shape index (κ1) is 22.1. The van der Waals surface area contributed by atoms with E-state index in [0.29, 0.717) is 38.9 Å². The predicted molar refractivity (Wildman–Crippen MR) is 130 cm³/mol. The maximum absolute atomic E-state index is 12.3. The van der Waals surface area contributed by atoms with E-state index in [-0.39, 0.29) is 0 Å². The number of pyridine rings is 1. The van der Waals surface area contributed by atoms with Crippen molar-refractivity contribution >= 4 is 22.5 Å². The number of aromatic nitrogens is 6. The number of rotatable bonds is 5. The van der Waals surface area contributed by atoms with E-state index in [9.17, 15) is 5.11 Å². The lowest BCUT2D eigenvalue weighted by Gasteiger charge is -2.29. The first-order chi connectivity index (χ1) is 16.4. The normalized spacial score (nSPS) is 13.2. The maximum Gasteiger partial charge on any atom is 0.175 e. The molecule has 0 aliphatic rings. The smallest absolute Gasteiger partial charge is 0.175 e. The van der Waals surface area contributed by atoms with E-state index in [1.165, 1.54) is 0 Å². The van der Waals surface area contributed by atoms with Gasteiger partial charge in [-0.3, -0.25) is 0 Å². The summed E-state index contributed by atoms with van der Waals surface area (Å²) in [6.07, 6.45) is 3.22. The Labute approximate surface area is 201 Å². The summed E-state index contributed by atoms with van der Waals surface area (Å²) in [5, 5.41) is 21.4. The van der Waals surface area contributed by atoms with Crippen molar-refractivity contribution in [1.29, 1.82) is 0 Å². The molecule has 34 heavy (non-hydrogen) atoms. The molecule has 3 aromatic heterocycles. The molecule has 5 rings (SSSR count). The van der Waals surface area contributed by atoms with Crippen molar-refractivity contribution in [2.75, 3.05) is 7.11 Å². The molecule has 0 amide bonds. The molecule has 3 heterocycles. The van der Waals surface area contributed by atoms with E-state index >= 15 is 0 Å². The summed E-state index contributed by atoms with van der Waals surface area (Å²) in [7, 11) is 5.21. The molecule has 2 aromatic carbocycles. The number of nitrogens with zero attached hydrogens (tertiary/aromatic N) is 6. The van der Waals surface area contributed by atoms with Crippen molar-refractivity contribution in [1.82, 2.24) is 29.5 Å². The number of imidazole rings is 1. The number of aryl methyl sites for hydroxylation is 2. The molecule has 1 N–H and O–H groups in total. The summed E-state index contributed by atoms with van der Waals surface area (Å²) in [6.45, 7) is 1.88. The van der Waals surface area contributed by atoms with Gasteiger partial charge in [-0.15, -0.1) is 5.10 Å². The Morgan fingerprint density at radius 3 is 2.41 bits per heavy atom. The van der Waals surface area contributed by atoms with E-state index < -0.39 is 5.60 Å². The van der Waals surface area contributed by atoms with Gasteiger partial charge in [0.15, 0.2) is 5.60 Å². The zero-order valence-electron chi connectivity index (χ0n) is 19.2. The van der Waals surface area contributed by atoms with Crippen LogP contribution >= 0.6 is 11.6 Å². The molecular formula is C25H23ClN6O2. The number of benzene rings is 2. The summed E-state index contributed by atoms with van der Waals surface area (Å²) in [5.74, 6) is 1.34. The van der Waals surface area contributed by atoms with Gasteiger partial charge in [0, 0.05) is 19.5 Å². The minimum Gasteiger partial charge on any atom is -0.495 e. The predicted octanol–water partition coefficient (Wildman–Crippen LogP) is 4.02. The Balaban J connectivity index is 1.83. The van der Waals surface area contributed by atoms with E-state index in [2.05, 4.69) is 20.3 Å². The minimum atomic E-state index is -1.58. The molecule has 0 saturated heterocycles. The number of fused-ring (bicyclic) bond motifs is 1. The summed E-state index contributed by atoms with van der Waals surface area (Å²) in [6, 6.07) is 15.2. The van der Waals surface area contributed by atoms with Gasteiger partial charge in [-0.25, -0.2) is 14.6 Å². The molecule has 0 fully saturated rings. The average molecular weight is 475 g/mol. The van der Waals surface area contributed by atoms with Crippen LogP contribution in [0.25, 0.3) is 22.0 Å². The Morgan fingerprint density at radius 1 is 1.03 bits per heavy atom. The number of ether oxygens (including phenoxy) is 1. The lowest BCUT2D eigenvalue weighted by Crippen LogP contribution is -2.33. The van der Waals surface area contributed by atoms with Gasteiger partial charge in [-0.2, -0.15) is 0 Å². The molecule has 0 saturated carbocycles. The maximum atomic E-state index is 12.3. The van der Waals surface area contributed by atoms with Crippen LogP contribution in [-0.2, 0) is 19.7 Å². The van der Waals surface area contributed by atoms with Gasteiger partial charge in [0.25, 0.3) is 0 Å². The third kappa shape index (κ3) is 3.26. The van der Waals surface area contributed by atoms with E-state index in [0.717, 1.165) is 16.8 Å². The molecular weight excluding hydrogens is 452 g/mol. The standard InChI is InChI=1S/C25H23ClN6O2/c1-15-27-13-20(31(15)2)25(33,21-14-28-30-32(21)3)17-10-11-19-18(12-17)23(34-4)22(24(26)29-19)16-8-6-5-7-9-16/h5-14,33H,1-4H3. The number of aliphatic hydroxyl groups is 1. The molecule has 5 aromatic rings. The van der Waals surface area contributed by atoms with Crippen LogP contribution < -0.4 is 4.74 Å². The average Bonchev–Trinajstić information content (AvgIpc) is 3.43. The molecule has 1 unspecified atom stereocenters. The van der Waals surface area contributed by atoms with Crippen molar-refractivity contribution in [2.24, 2.45) is 14.1 Å². The number of halogens is 1. The Bertz CT molecular complexity index is 1510. The van der Waals surface area contributed by atoms with Crippen LogP contribution in [0.1, 0.15) is 22.8 Å². The number of hydrogen-bond acceptors (Lipinski definition) is 6. The van der Waals surface area contributed by atoms with Gasteiger partial charge in [-0.05, 0) is 30.2 Å². The topological polar surface area (TPSA) is 90.9 Å². The second kappa shape index (κ2) is 8.23. The van der Waals surface area contributed by atoms with Crippen molar-refractivity contribution in [3.63, 3.8) is 0 Å². The van der Waals surface area contributed by atoms with Gasteiger partial charge in [0.05, 0.1) is 36.3 Å². The van der Waals surface area contributed by atoms with E-state index in [1.807, 2.05) is 67.1 Å². The van der Waals surface area contributed by atoms with Crippen LogP contribution in [0.4, 0.5) is 0 Å². The summed E-state index contributed by atoms with van der Waals surface area (Å²) in [4.78, 5) is 9.02. The largest absolute Gasteiger partial charge is 0.495 e. The molecule has 0 spiro atoms. The van der Waals surface area contributed by atoms with Crippen LogP contribution in [0, 0.1) is 6.92 Å². The van der Waals surface area contributed by atoms with Crippen molar-refractivity contribution in [3.8, 4) is 16.9 Å². The first-order valence-electron chi connectivity index (χ1n) is 10.7. The zero-order chi connectivity index (χ0) is 24.0. The molecule has 1 atom stereocenters. The molecule has 0 aliphatic carbocycles. The second-order valence-electron chi connectivity index (χ2n) is 8.11. The van der Waals surface area contributed by atoms with Crippen molar-refractivity contribution in [3.05, 3.63) is 88.9 Å². The van der Waals surface area contributed by atoms with Crippen LogP contribution in [-0.4, -0.2) is 41.7 Å². The fourth-order valence-corrected chi connectivity index (χ4v) is 4.67. The highest BCUT2D eigenvalue weighted by Crippen LogP contribution is 2.43. The van der Waals surface area contributed by atoms with Gasteiger partial charge >= 0.3 is 0 Å². The fraction of sp³-hybridized carbons (Fsp3) is 0.200. The fourth-order valence-electron chi connectivity index (χ4n) is 4.38. The highest BCUT2D eigenvalue weighted by atomic mass is 35.5. The van der Waals surface area contributed by atoms with Crippen LogP contribution in [0.5, 0.6) is 5.75 Å². The highest BCUT2D eigenvalue weighted by Gasteiger charge is 2.40. The summed E-state index contributed by atoms with van der Waals surface area (Å²) < 4.78 is 9.26. The van der Waals surface area contributed by atoms with Crippen LogP contribution in [0.2, 0.25) is 5.15 Å². The molecule has 0 radical (unpaired) electrons. The summed E-state index contributed by atoms with van der Waals surface area (Å²) >= 11 is 6.60. The molecule has 9 heteroatoms. The molecule has 0 bridgehead atoms. The quantitative estimate of drug-likeness (QED) is 0.387. The molecule has 8 nitrogen and oxygen atoms in total. The van der Waals surface area contributed by atoms with Crippen molar-refractivity contribution in [2.45, 2.75) is 12.5 Å². The Hall–Kier alpha value is -3.75.